The topological polar surface area (TPSA) is 59.0 Å². The summed E-state index contributed by atoms with van der Waals surface area (Å²) in [5.74, 6) is 0.939. The Hall–Kier alpha value is -2.14. The van der Waals surface area contributed by atoms with Crippen LogP contribution in [0.25, 0.3) is 11.4 Å². The first kappa shape index (κ1) is 13.8. The molecule has 1 saturated heterocycles. The van der Waals surface area contributed by atoms with E-state index in [1.165, 1.54) is 0 Å². The van der Waals surface area contributed by atoms with Gasteiger partial charge in [0.25, 0.3) is 0 Å². The summed E-state index contributed by atoms with van der Waals surface area (Å²) in [4.78, 5) is 16.6. The minimum Gasteiger partial charge on any atom is -0.334 e. The fourth-order valence-electron chi connectivity index (χ4n) is 2.68. The van der Waals surface area contributed by atoms with E-state index < -0.39 is 0 Å². The SMILES string of the molecule is Cn1ccnc1-c1cccc(NC(=O)[C@H]2CCCCN2)c1. The summed E-state index contributed by atoms with van der Waals surface area (Å²) >= 11 is 0. The van der Waals surface area contributed by atoms with Crippen molar-refractivity contribution in [2.24, 2.45) is 7.05 Å². The van der Waals surface area contributed by atoms with Gasteiger partial charge < -0.3 is 15.2 Å². The maximum absolute atomic E-state index is 12.2. The zero-order chi connectivity index (χ0) is 14.7. The molecule has 0 unspecified atom stereocenters. The van der Waals surface area contributed by atoms with E-state index in [1.807, 2.05) is 42.1 Å². The summed E-state index contributed by atoms with van der Waals surface area (Å²) in [6.07, 6.45) is 6.85. The molecule has 1 aliphatic heterocycles. The van der Waals surface area contributed by atoms with E-state index in [9.17, 15) is 4.79 Å². The number of anilines is 1. The first-order valence-corrected chi connectivity index (χ1v) is 7.36. The largest absolute Gasteiger partial charge is 0.334 e. The van der Waals surface area contributed by atoms with Gasteiger partial charge in [-0.3, -0.25) is 4.79 Å². The van der Waals surface area contributed by atoms with Crippen molar-refractivity contribution in [3.63, 3.8) is 0 Å². The molecule has 2 N–H and O–H groups in total. The van der Waals surface area contributed by atoms with Gasteiger partial charge in [-0.2, -0.15) is 0 Å². The molecule has 5 heteroatoms. The number of nitrogens with one attached hydrogen (secondary N) is 2. The van der Waals surface area contributed by atoms with Crippen LogP contribution in [-0.4, -0.2) is 28.0 Å². The minimum absolute atomic E-state index is 0.0479. The number of amides is 1. The number of aromatic nitrogens is 2. The second-order valence-electron chi connectivity index (χ2n) is 5.43. The number of hydrogen-bond acceptors (Lipinski definition) is 3. The lowest BCUT2D eigenvalue weighted by Crippen LogP contribution is -2.43. The van der Waals surface area contributed by atoms with Gasteiger partial charge in [-0.05, 0) is 31.5 Å². The van der Waals surface area contributed by atoms with Crippen molar-refractivity contribution in [3.8, 4) is 11.4 Å². The number of piperidine rings is 1. The highest BCUT2D eigenvalue weighted by molar-refractivity contribution is 5.95. The van der Waals surface area contributed by atoms with Crippen molar-refractivity contribution in [2.75, 3.05) is 11.9 Å². The molecule has 1 aliphatic rings. The van der Waals surface area contributed by atoms with E-state index in [1.54, 1.807) is 6.20 Å². The van der Waals surface area contributed by atoms with Gasteiger partial charge in [0, 0.05) is 30.7 Å². The highest BCUT2D eigenvalue weighted by Crippen LogP contribution is 2.21. The average Bonchev–Trinajstić information content (AvgIpc) is 2.94. The van der Waals surface area contributed by atoms with Gasteiger partial charge >= 0.3 is 0 Å². The molecule has 21 heavy (non-hydrogen) atoms. The summed E-state index contributed by atoms with van der Waals surface area (Å²) in [6, 6.07) is 7.73. The quantitative estimate of drug-likeness (QED) is 0.908. The maximum Gasteiger partial charge on any atom is 0.241 e. The van der Waals surface area contributed by atoms with Crippen LogP contribution < -0.4 is 10.6 Å². The molecule has 1 aromatic heterocycles. The Kier molecular flexibility index (Phi) is 4.01. The number of imidazole rings is 1. The maximum atomic E-state index is 12.2. The van der Waals surface area contributed by atoms with Crippen molar-refractivity contribution in [3.05, 3.63) is 36.7 Å². The number of carbonyl (C=O) groups is 1. The van der Waals surface area contributed by atoms with Gasteiger partial charge in [0.15, 0.2) is 0 Å². The molecule has 0 radical (unpaired) electrons. The predicted molar refractivity (Wildman–Crippen MR) is 82.9 cm³/mol. The van der Waals surface area contributed by atoms with Crippen LogP contribution in [0, 0.1) is 0 Å². The Balaban J connectivity index is 1.74. The number of hydrogen-bond donors (Lipinski definition) is 2. The molecule has 2 heterocycles. The normalized spacial score (nSPS) is 18.4. The third kappa shape index (κ3) is 3.13. The van der Waals surface area contributed by atoms with Crippen LogP contribution in [0.15, 0.2) is 36.7 Å². The van der Waals surface area contributed by atoms with Crippen LogP contribution in [0.1, 0.15) is 19.3 Å². The van der Waals surface area contributed by atoms with Gasteiger partial charge in [-0.15, -0.1) is 0 Å². The fraction of sp³-hybridized carbons (Fsp3) is 0.375. The number of benzene rings is 1. The molecule has 2 aromatic rings. The second-order valence-corrected chi connectivity index (χ2v) is 5.43. The molecule has 110 valence electrons. The molecule has 1 aromatic carbocycles. The Morgan fingerprint density at radius 3 is 3.05 bits per heavy atom. The van der Waals surface area contributed by atoms with Gasteiger partial charge in [-0.1, -0.05) is 18.6 Å². The Bertz CT molecular complexity index is 629. The van der Waals surface area contributed by atoms with E-state index in [0.29, 0.717) is 0 Å². The zero-order valence-electron chi connectivity index (χ0n) is 12.2. The van der Waals surface area contributed by atoms with E-state index in [-0.39, 0.29) is 11.9 Å². The summed E-state index contributed by atoms with van der Waals surface area (Å²) < 4.78 is 1.96. The summed E-state index contributed by atoms with van der Waals surface area (Å²) in [5.41, 5.74) is 1.81. The molecule has 5 nitrogen and oxygen atoms in total. The Morgan fingerprint density at radius 2 is 2.33 bits per heavy atom. The number of nitrogens with zero attached hydrogens (tertiary/aromatic N) is 2. The van der Waals surface area contributed by atoms with Crippen LogP contribution in [0.5, 0.6) is 0 Å². The van der Waals surface area contributed by atoms with Crippen molar-refractivity contribution >= 4 is 11.6 Å². The lowest BCUT2D eigenvalue weighted by atomic mass is 10.0. The van der Waals surface area contributed by atoms with Gasteiger partial charge in [0.2, 0.25) is 5.91 Å². The third-order valence-electron chi connectivity index (χ3n) is 3.84. The molecule has 1 fully saturated rings. The number of aryl methyl sites for hydroxylation is 1. The molecule has 0 aliphatic carbocycles. The van der Waals surface area contributed by atoms with Gasteiger partial charge in [0.1, 0.15) is 5.82 Å². The highest BCUT2D eigenvalue weighted by Gasteiger charge is 2.20. The standard InChI is InChI=1S/C16H20N4O/c1-20-10-9-18-15(20)12-5-4-6-13(11-12)19-16(21)14-7-2-3-8-17-14/h4-6,9-11,14,17H,2-3,7-8H2,1H3,(H,19,21)/t14-/m1/s1. The molecule has 1 amide bonds. The van der Waals surface area contributed by atoms with Crippen LogP contribution in [0.2, 0.25) is 0 Å². The monoisotopic (exact) mass is 284 g/mol. The molecular formula is C16H20N4O. The summed E-state index contributed by atoms with van der Waals surface area (Å²) in [5, 5.41) is 6.26. The number of carbonyl (C=O) groups excluding carboxylic acids is 1. The first-order chi connectivity index (χ1) is 10.2. The van der Waals surface area contributed by atoms with Crippen molar-refractivity contribution in [1.82, 2.24) is 14.9 Å². The summed E-state index contributed by atoms with van der Waals surface area (Å²) in [6.45, 7) is 0.922. The molecule has 1 atom stereocenters. The van der Waals surface area contributed by atoms with Crippen molar-refractivity contribution in [2.45, 2.75) is 25.3 Å². The fourth-order valence-corrected chi connectivity index (χ4v) is 2.68. The van der Waals surface area contributed by atoms with Gasteiger partial charge in [-0.25, -0.2) is 4.98 Å². The Labute approximate surface area is 124 Å². The van der Waals surface area contributed by atoms with Crippen LogP contribution in [-0.2, 0) is 11.8 Å². The summed E-state index contributed by atoms with van der Waals surface area (Å²) in [7, 11) is 1.96. The second kappa shape index (κ2) is 6.10. The first-order valence-electron chi connectivity index (χ1n) is 7.36. The lowest BCUT2D eigenvalue weighted by Gasteiger charge is -2.22. The van der Waals surface area contributed by atoms with E-state index in [0.717, 1.165) is 42.9 Å². The average molecular weight is 284 g/mol. The van der Waals surface area contributed by atoms with Crippen LogP contribution >= 0.6 is 0 Å². The smallest absolute Gasteiger partial charge is 0.241 e. The number of rotatable bonds is 3. The van der Waals surface area contributed by atoms with E-state index in [2.05, 4.69) is 15.6 Å². The van der Waals surface area contributed by atoms with Gasteiger partial charge in [0.05, 0.1) is 6.04 Å². The van der Waals surface area contributed by atoms with Crippen LogP contribution in [0.3, 0.4) is 0 Å². The molecule has 0 bridgehead atoms. The lowest BCUT2D eigenvalue weighted by molar-refractivity contribution is -0.118. The van der Waals surface area contributed by atoms with Crippen molar-refractivity contribution < 1.29 is 4.79 Å². The third-order valence-corrected chi connectivity index (χ3v) is 3.84. The van der Waals surface area contributed by atoms with E-state index in [4.69, 9.17) is 0 Å². The highest BCUT2D eigenvalue weighted by atomic mass is 16.2. The van der Waals surface area contributed by atoms with E-state index >= 15 is 0 Å². The molecule has 0 saturated carbocycles. The van der Waals surface area contributed by atoms with Crippen LogP contribution in [0.4, 0.5) is 5.69 Å². The molecular weight excluding hydrogens is 264 g/mol. The van der Waals surface area contributed by atoms with Crippen molar-refractivity contribution in [1.29, 1.82) is 0 Å². The molecule has 3 rings (SSSR count). The Morgan fingerprint density at radius 1 is 1.43 bits per heavy atom. The molecule has 0 spiro atoms. The minimum atomic E-state index is -0.0735. The predicted octanol–water partition coefficient (Wildman–Crippen LogP) is 2.17. The zero-order valence-corrected chi connectivity index (χ0v) is 12.2.